The molecular formula is C51H91NO8P+. The molecule has 0 amide bonds. The predicted molar refractivity (Wildman–Crippen MR) is 256 cm³/mol. The van der Waals surface area contributed by atoms with Crippen molar-refractivity contribution < 1.29 is 42.1 Å². The fraction of sp³-hybridized carbons (Fsp3) is 0.725. The molecule has 0 saturated heterocycles. The largest absolute Gasteiger partial charge is 0.472 e. The smallest absolute Gasteiger partial charge is 0.462 e. The van der Waals surface area contributed by atoms with Gasteiger partial charge in [0.05, 0.1) is 27.7 Å². The molecule has 2 atom stereocenters. The van der Waals surface area contributed by atoms with Crippen molar-refractivity contribution in [1.29, 1.82) is 0 Å². The van der Waals surface area contributed by atoms with Crippen LogP contribution in [0.25, 0.3) is 0 Å². The van der Waals surface area contributed by atoms with Gasteiger partial charge in [0.25, 0.3) is 0 Å². The minimum atomic E-state index is -4.39. The van der Waals surface area contributed by atoms with Gasteiger partial charge in [-0.15, -0.1) is 0 Å². The van der Waals surface area contributed by atoms with Crippen LogP contribution in [0.15, 0.2) is 72.9 Å². The molecule has 0 saturated carbocycles. The monoisotopic (exact) mass is 877 g/mol. The Kier molecular flexibility index (Phi) is 40.9. The molecular weight excluding hydrogens is 786 g/mol. The first-order chi connectivity index (χ1) is 29.5. The molecule has 0 radical (unpaired) electrons. The number of ether oxygens (including phenoxy) is 2. The van der Waals surface area contributed by atoms with E-state index in [0.717, 1.165) is 83.5 Å². The van der Waals surface area contributed by atoms with Crippen LogP contribution in [0.1, 0.15) is 187 Å². The highest BCUT2D eigenvalue weighted by Crippen LogP contribution is 2.43. The summed E-state index contributed by atoms with van der Waals surface area (Å²) in [5.74, 6) is -0.844. The standard InChI is InChI=1S/C51H90NO8P/c1-6-8-10-12-14-16-18-20-22-24-26-28-30-32-34-36-38-40-42-44-51(54)60-49(48-59-61(55,56)58-46-45-52(3,4)5)47-57-50(53)43-41-39-37-35-33-31-29-27-25-23-21-19-17-15-13-11-9-7-2/h8,10,14,16,20,22-23,25-26,28,32,34,49H,6-7,9,11-13,15,17-19,21,24,27,29-31,33,35-48H2,1-5H3/p+1/b10-8-,16-14-,22-20-,25-23-,28-26-,34-32-. The number of rotatable bonds is 43. The van der Waals surface area contributed by atoms with Gasteiger partial charge in [0.2, 0.25) is 0 Å². The number of carbonyl (C=O) groups excluding carboxylic acids is 2. The summed E-state index contributed by atoms with van der Waals surface area (Å²) in [6.45, 7) is 4.26. The van der Waals surface area contributed by atoms with E-state index in [0.29, 0.717) is 17.4 Å². The van der Waals surface area contributed by atoms with Crippen LogP contribution in [-0.2, 0) is 32.7 Å². The fourth-order valence-corrected chi connectivity index (χ4v) is 6.95. The molecule has 0 aromatic rings. The van der Waals surface area contributed by atoms with E-state index in [-0.39, 0.29) is 32.0 Å². The third kappa shape index (κ3) is 46.8. The molecule has 0 heterocycles. The third-order valence-electron chi connectivity index (χ3n) is 9.97. The summed E-state index contributed by atoms with van der Waals surface area (Å²) >= 11 is 0. The molecule has 352 valence electrons. The van der Waals surface area contributed by atoms with E-state index in [9.17, 15) is 19.0 Å². The van der Waals surface area contributed by atoms with E-state index in [4.69, 9.17) is 18.5 Å². The second-order valence-corrected chi connectivity index (χ2v) is 18.6. The lowest BCUT2D eigenvalue weighted by Crippen LogP contribution is -2.37. The van der Waals surface area contributed by atoms with Crippen molar-refractivity contribution in [3.8, 4) is 0 Å². The Morgan fingerprint density at radius 1 is 0.525 bits per heavy atom. The lowest BCUT2D eigenvalue weighted by atomic mass is 10.1. The summed E-state index contributed by atoms with van der Waals surface area (Å²) < 4.78 is 34.4. The van der Waals surface area contributed by atoms with Gasteiger partial charge in [-0.25, -0.2) is 4.57 Å². The maximum Gasteiger partial charge on any atom is 0.472 e. The summed E-state index contributed by atoms with van der Waals surface area (Å²) in [5, 5.41) is 0. The van der Waals surface area contributed by atoms with Crippen LogP contribution >= 0.6 is 7.82 Å². The molecule has 0 aromatic heterocycles. The molecule has 0 aliphatic rings. The summed E-state index contributed by atoms with van der Waals surface area (Å²) in [6, 6.07) is 0. The van der Waals surface area contributed by atoms with Gasteiger partial charge < -0.3 is 18.9 Å². The average Bonchev–Trinajstić information content (AvgIpc) is 3.21. The Morgan fingerprint density at radius 3 is 1.43 bits per heavy atom. The van der Waals surface area contributed by atoms with Crippen molar-refractivity contribution in [3.05, 3.63) is 72.9 Å². The second kappa shape index (κ2) is 42.7. The zero-order valence-corrected chi connectivity index (χ0v) is 40.5. The van der Waals surface area contributed by atoms with Crippen molar-refractivity contribution >= 4 is 19.8 Å². The van der Waals surface area contributed by atoms with E-state index in [1.54, 1.807) is 0 Å². The Morgan fingerprint density at radius 2 is 0.934 bits per heavy atom. The highest BCUT2D eigenvalue weighted by molar-refractivity contribution is 7.47. The summed E-state index contributed by atoms with van der Waals surface area (Å²) in [4.78, 5) is 35.5. The van der Waals surface area contributed by atoms with Gasteiger partial charge in [0, 0.05) is 12.8 Å². The molecule has 10 heteroatoms. The van der Waals surface area contributed by atoms with E-state index >= 15 is 0 Å². The van der Waals surface area contributed by atoms with Crippen LogP contribution in [0.3, 0.4) is 0 Å². The minimum Gasteiger partial charge on any atom is -0.462 e. The van der Waals surface area contributed by atoms with Crippen LogP contribution in [0.5, 0.6) is 0 Å². The first-order valence-electron chi connectivity index (χ1n) is 24.2. The lowest BCUT2D eigenvalue weighted by Gasteiger charge is -2.24. The van der Waals surface area contributed by atoms with Crippen molar-refractivity contribution in [2.75, 3.05) is 47.5 Å². The van der Waals surface area contributed by atoms with Crippen LogP contribution in [0.4, 0.5) is 0 Å². The topological polar surface area (TPSA) is 108 Å². The zero-order valence-electron chi connectivity index (χ0n) is 39.6. The molecule has 0 aromatic carbocycles. The molecule has 0 bridgehead atoms. The van der Waals surface area contributed by atoms with Gasteiger partial charge in [-0.1, -0.05) is 164 Å². The predicted octanol–water partition coefficient (Wildman–Crippen LogP) is 14.2. The number of phosphoric ester groups is 1. The molecule has 61 heavy (non-hydrogen) atoms. The van der Waals surface area contributed by atoms with Gasteiger partial charge in [-0.2, -0.15) is 0 Å². The quantitative estimate of drug-likeness (QED) is 0.0212. The molecule has 1 N–H and O–H groups in total. The van der Waals surface area contributed by atoms with Gasteiger partial charge >= 0.3 is 19.8 Å². The SMILES string of the molecule is CC/C=C\C/C=C\C/C=C\C/C=C\C/C=C\CCCCCC(=O)OC(COC(=O)CCCCCCCCC/C=C\CCCCCCCCC)COP(=O)(O)OCC[N+](C)(C)C. The van der Waals surface area contributed by atoms with Crippen LogP contribution in [0, 0.1) is 0 Å². The maximum atomic E-state index is 12.7. The normalized spacial score (nSPS) is 14.1. The zero-order chi connectivity index (χ0) is 45.0. The maximum absolute atomic E-state index is 12.7. The number of esters is 2. The Labute approximate surface area is 374 Å². The fourth-order valence-electron chi connectivity index (χ4n) is 6.21. The number of hydrogen-bond acceptors (Lipinski definition) is 7. The first-order valence-corrected chi connectivity index (χ1v) is 25.7. The molecule has 0 rings (SSSR count). The molecule has 9 nitrogen and oxygen atoms in total. The molecule has 2 unspecified atom stereocenters. The van der Waals surface area contributed by atoms with Crippen molar-refractivity contribution in [3.63, 3.8) is 0 Å². The van der Waals surface area contributed by atoms with Crippen molar-refractivity contribution in [2.24, 2.45) is 0 Å². The van der Waals surface area contributed by atoms with E-state index < -0.39 is 26.5 Å². The highest BCUT2D eigenvalue weighted by atomic mass is 31.2. The number of hydrogen-bond donors (Lipinski definition) is 1. The number of nitrogens with zero attached hydrogens (tertiary/aromatic N) is 1. The van der Waals surface area contributed by atoms with Crippen molar-refractivity contribution in [2.45, 2.75) is 193 Å². The summed E-state index contributed by atoms with van der Waals surface area (Å²) in [6.07, 6.45) is 53.8. The van der Waals surface area contributed by atoms with E-state index in [1.807, 2.05) is 21.1 Å². The van der Waals surface area contributed by atoms with Crippen LogP contribution < -0.4 is 0 Å². The summed E-state index contributed by atoms with van der Waals surface area (Å²) in [7, 11) is 1.44. The highest BCUT2D eigenvalue weighted by Gasteiger charge is 2.27. The van der Waals surface area contributed by atoms with E-state index in [1.165, 1.54) is 70.6 Å². The molecule has 0 aliphatic heterocycles. The first kappa shape index (κ1) is 58.5. The van der Waals surface area contributed by atoms with Crippen LogP contribution in [-0.4, -0.2) is 74.9 Å². The second-order valence-electron chi connectivity index (χ2n) is 17.1. The lowest BCUT2D eigenvalue weighted by molar-refractivity contribution is -0.870. The van der Waals surface area contributed by atoms with E-state index in [2.05, 4.69) is 86.8 Å². The number of allylic oxidation sites excluding steroid dienone is 12. The number of quaternary nitrogens is 1. The number of phosphoric acid groups is 1. The Hall–Kier alpha value is -2.55. The summed E-state index contributed by atoms with van der Waals surface area (Å²) in [5.41, 5.74) is 0. The number of unbranched alkanes of at least 4 members (excludes halogenated alkanes) is 17. The van der Waals surface area contributed by atoms with Gasteiger partial charge in [0.15, 0.2) is 6.10 Å². The molecule has 0 fully saturated rings. The van der Waals surface area contributed by atoms with Crippen molar-refractivity contribution in [1.82, 2.24) is 0 Å². The molecule has 0 spiro atoms. The minimum absolute atomic E-state index is 0.0209. The van der Waals surface area contributed by atoms with Gasteiger partial charge in [0.1, 0.15) is 19.8 Å². The Balaban J connectivity index is 4.38. The third-order valence-corrected chi connectivity index (χ3v) is 11.0. The van der Waals surface area contributed by atoms with Crippen LogP contribution in [0.2, 0.25) is 0 Å². The Bertz CT molecular complexity index is 1270. The average molecular weight is 877 g/mol. The number of carbonyl (C=O) groups is 2. The number of likely N-dealkylation sites (N-methyl/N-ethyl adjacent to an activating group) is 1. The molecule has 0 aliphatic carbocycles. The van der Waals surface area contributed by atoms with Gasteiger partial charge in [-0.05, 0) is 83.5 Å². The van der Waals surface area contributed by atoms with Gasteiger partial charge in [-0.3, -0.25) is 18.6 Å².